The zero-order valence-electron chi connectivity index (χ0n) is 15.1. The second-order valence-corrected chi connectivity index (χ2v) is 7.37. The molecule has 2 aliphatic rings. The molecular formula is C20H22FNO4. The Morgan fingerprint density at radius 1 is 1.38 bits per heavy atom. The SMILES string of the molecule is CCOC(=O)C1=C(N)OC2=C(C(=O)CC(C)(C)C2)[C@H]1c1cccc(F)c1. The highest BCUT2D eigenvalue weighted by molar-refractivity contribution is 6.03. The molecule has 6 heteroatoms. The summed E-state index contributed by atoms with van der Waals surface area (Å²) in [6.07, 6.45) is 0.827. The lowest BCUT2D eigenvalue weighted by Gasteiger charge is -2.37. The van der Waals surface area contributed by atoms with E-state index in [1.54, 1.807) is 13.0 Å². The molecule has 0 fully saturated rings. The van der Waals surface area contributed by atoms with Crippen LogP contribution in [0.3, 0.4) is 0 Å². The molecule has 1 aliphatic heterocycles. The normalized spacial score (nSPS) is 22.0. The number of allylic oxidation sites excluding steroid dienone is 2. The summed E-state index contributed by atoms with van der Waals surface area (Å²) in [7, 11) is 0. The molecule has 1 aromatic carbocycles. The van der Waals surface area contributed by atoms with Crippen molar-refractivity contribution in [3.05, 3.63) is 58.4 Å². The maximum absolute atomic E-state index is 13.8. The van der Waals surface area contributed by atoms with Gasteiger partial charge in [-0.1, -0.05) is 26.0 Å². The van der Waals surface area contributed by atoms with Gasteiger partial charge in [0.1, 0.15) is 17.1 Å². The van der Waals surface area contributed by atoms with Gasteiger partial charge in [0.2, 0.25) is 5.88 Å². The summed E-state index contributed by atoms with van der Waals surface area (Å²) in [5.74, 6) is -1.69. The van der Waals surface area contributed by atoms with Crippen LogP contribution in [-0.4, -0.2) is 18.4 Å². The topological polar surface area (TPSA) is 78.6 Å². The van der Waals surface area contributed by atoms with Gasteiger partial charge in [0.05, 0.1) is 12.5 Å². The van der Waals surface area contributed by atoms with Crippen LogP contribution in [-0.2, 0) is 19.1 Å². The summed E-state index contributed by atoms with van der Waals surface area (Å²) in [6, 6.07) is 5.82. The lowest BCUT2D eigenvalue weighted by molar-refractivity contribution is -0.139. The monoisotopic (exact) mass is 359 g/mol. The van der Waals surface area contributed by atoms with Crippen LogP contribution < -0.4 is 5.73 Å². The Morgan fingerprint density at radius 2 is 2.12 bits per heavy atom. The fourth-order valence-corrected chi connectivity index (χ4v) is 3.61. The number of hydrogen-bond acceptors (Lipinski definition) is 5. The molecule has 0 spiro atoms. The molecule has 5 nitrogen and oxygen atoms in total. The summed E-state index contributed by atoms with van der Waals surface area (Å²) >= 11 is 0. The number of nitrogens with two attached hydrogens (primary N) is 1. The van der Waals surface area contributed by atoms with E-state index < -0.39 is 17.7 Å². The zero-order valence-corrected chi connectivity index (χ0v) is 15.1. The number of ketones is 1. The standard InChI is InChI=1S/C20H22FNO4/c1-4-25-19(24)17-15(11-6-5-7-12(21)8-11)16-13(23)9-20(2,3)10-14(16)26-18(17)22/h5-8,15H,4,9-10,22H2,1-3H3/t15-/m1/s1. The van der Waals surface area contributed by atoms with Gasteiger partial charge in [0.15, 0.2) is 5.78 Å². The molecule has 0 radical (unpaired) electrons. The fourth-order valence-electron chi connectivity index (χ4n) is 3.61. The number of benzene rings is 1. The molecule has 1 atom stereocenters. The summed E-state index contributed by atoms with van der Waals surface area (Å²) in [6.45, 7) is 5.76. The molecule has 1 aliphatic carbocycles. The van der Waals surface area contributed by atoms with Crippen LogP contribution in [0.4, 0.5) is 4.39 Å². The minimum Gasteiger partial charge on any atom is -0.462 e. The van der Waals surface area contributed by atoms with Gasteiger partial charge in [0.25, 0.3) is 0 Å². The van der Waals surface area contributed by atoms with Gasteiger partial charge in [-0.25, -0.2) is 9.18 Å². The zero-order chi connectivity index (χ0) is 19.1. The van der Waals surface area contributed by atoms with Crippen molar-refractivity contribution in [2.75, 3.05) is 6.61 Å². The first-order valence-corrected chi connectivity index (χ1v) is 8.60. The van der Waals surface area contributed by atoms with E-state index in [4.69, 9.17) is 15.2 Å². The van der Waals surface area contributed by atoms with Crippen LogP contribution in [0.25, 0.3) is 0 Å². The van der Waals surface area contributed by atoms with Crippen molar-refractivity contribution in [3.8, 4) is 0 Å². The minimum absolute atomic E-state index is 0.0456. The Kier molecular flexibility index (Phi) is 4.61. The largest absolute Gasteiger partial charge is 0.462 e. The highest BCUT2D eigenvalue weighted by Crippen LogP contribution is 2.48. The first kappa shape index (κ1) is 18.2. The van der Waals surface area contributed by atoms with Gasteiger partial charge in [-0.05, 0) is 30.0 Å². The summed E-state index contributed by atoms with van der Waals surface area (Å²) in [5.41, 5.74) is 6.65. The van der Waals surface area contributed by atoms with E-state index >= 15 is 0 Å². The first-order chi connectivity index (χ1) is 12.2. The molecular weight excluding hydrogens is 337 g/mol. The third-order valence-corrected chi connectivity index (χ3v) is 4.63. The van der Waals surface area contributed by atoms with Gasteiger partial charge < -0.3 is 15.2 Å². The van der Waals surface area contributed by atoms with Gasteiger partial charge in [-0.3, -0.25) is 4.79 Å². The highest BCUT2D eigenvalue weighted by atomic mass is 19.1. The molecule has 1 aromatic rings. The molecule has 0 saturated carbocycles. The number of hydrogen-bond donors (Lipinski definition) is 1. The maximum Gasteiger partial charge on any atom is 0.340 e. The number of esters is 1. The quantitative estimate of drug-likeness (QED) is 0.838. The molecule has 0 aromatic heterocycles. The lowest BCUT2D eigenvalue weighted by Crippen LogP contribution is -2.35. The van der Waals surface area contributed by atoms with Crippen LogP contribution >= 0.6 is 0 Å². The maximum atomic E-state index is 13.8. The van der Waals surface area contributed by atoms with E-state index in [1.807, 2.05) is 13.8 Å². The Bertz CT molecular complexity index is 838. The number of carbonyl (C=O) groups excluding carboxylic acids is 2. The van der Waals surface area contributed by atoms with Crippen molar-refractivity contribution in [2.45, 2.75) is 39.5 Å². The van der Waals surface area contributed by atoms with Crippen molar-refractivity contribution in [1.29, 1.82) is 0 Å². The first-order valence-electron chi connectivity index (χ1n) is 8.60. The molecule has 26 heavy (non-hydrogen) atoms. The fraction of sp³-hybridized carbons (Fsp3) is 0.400. The predicted molar refractivity (Wildman–Crippen MR) is 93.1 cm³/mol. The van der Waals surface area contributed by atoms with E-state index in [0.717, 1.165) is 0 Å². The van der Waals surface area contributed by atoms with Gasteiger partial charge in [-0.2, -0.15) is 0 Å². The third-order valence-electron chi connectivity index (χ3n) is 4.63. The second kappa shape index (κ2) is 6.59. The summed E-state index contributed by atoms with van der Waals surface area (Å²) < 4.78 is 24.6. The number of ether oxygens (including phenoxy) is 2. The van der Waals surface area contributed by atoms with Crippen molar-refractivity contribution >= 4 is 11.8 Å². The van der Waals surface area contributed by atoms with E-state index in [-0.39, 0.29) is 29.3 Å². The minimum atomic E-state index is -0.794. The van der Waals surface area contributed by atoms with Crippen LogP contribution in [0.5, 0.6) is 0 Å². The Balaban J connectivity index is 2.18. The molecule has 138 valence electrons. The summed E-state index contributed by atoms with van der Waals surface area (Å²) in [5, 5.41) is 0. The van der Waals surface area contributed by atoms with E-state index in [1.165, 1.54) is 18.2 Å². The van der Waals surface area contributed by atoms with Gasteiger partial charge >= 0.3 is 5.97 Å². The molecule has 3 rings (SSSR count). The van der Waals surface area contributed by atoms with Crippen LogP contribution in [0.2, 0.25) is 0 Å². The van der Waals surface area contributed by atoms with Crippen molar-refractivity contribution in [3.63, 3.8) is 0 Å². The van der Waals surface area contributed by atoms with Crippen LogP contribution in [0.15, 0.2) is 47.1 Å². The van der Waals surface area contributed by atoms with E-state index in [2.05, 4.69) is 0 Å². The molecule has 0 unspecified atom stereocenters. The van der Waals surface area contributed by atoms with Gasteiger partial charge in [0, 0.05) is 18.4 Å². The third kappa shape index (κ3) is 3.23. The number of carbonyl (C=O) groups is 2. The lowest BCUT2D eigenvalue weighted by atomic mass is 9.70. The Morgan fingerprint density at radius 3 is 2.77 bits per heavy atom. The molecule has 1 heterocycles. The van der Waals surface area contributed by atoms with Crippen LogP contribution in [0.1, 0.15) is 45.1 Å². The molecule has 0 amide bonds. The van der Waals surface area contributed by atoms with E-state index in [0.29, 0.717) is 29.7 Å². The highest BCUT2D eigenvalue weighted by Gasteiger charge is 2.45. The molecule has 0 bridgehead atoms. The van der Waals surface area contributed by atoms with Gasteiger partial charge in [-0.15, -0.1) is 0 Å². The Labute approximate surface area is 151 Å². The van der Waals surface area contributed by atoms with Crippen molar-refractivity contribution < 1.29 is 23.5 Å². The average Bonchev–Trinajstić information content (AvgIpc) is 2.52. The van der Waals surface area contributed by atoms with Crippen LogP contribution in [0, 0.1) is 11.2 Å². The predicted octanol–water partition coefficient (Wildman–Crippen LogP) is 3.32. The van der Waals surface area contributed by atoms with E-state index in [9.17, 15) is 14.0 Å². The molecule has 0 saturated heterocycles. The number of Topliss-reactive ketones (excluding diaryl/α,β-unsaturated/α-hetero) is 1. The smallest absolute Gasteiger partial charge is 0.340 e. The molecule has 2 N–H and O–H groups in total. The van der Waals surface area contributed by atoms with Crippen molar-refractivity contribution in [2.24, 2.45) is 11.1 Å². The number of halogens is 1. The Hall–Kier alpha value is -2.63. The second-order valence-electron chi connectivity index (χ2n) is 7.37. The van der Waals surface area contributed by atoms with Crippen molar-refractivity contribution in [1.82, 2.24) is 0 Å². The average molecular weight is 359 g/mol. The summed E-state index contributed by atoms with van der Waals surface area (Å²) in [4.78, 5) is 25.4. The number of rotatable bonds is 3.